The summed E-state index contributed by atoms with van der Waals surface area (Å²) in [6, 6.07) is 4.94. The van der Waals surface area contributed by atoms with Gasteiger partial charge in [0.2, 0.25) is 0 Å². The number of benzene rings is 1. The number of hydrogen-bond acceptors (Lipinski definition) is 2. The molecule has 14 heavy (non-hydrogen) atoms. The van der Waals surface area contributed by atoms with Gasteiger partial charge >= 0.3 is 0 Å². The molecule has 0 unspecified atom stereocenters. The van der Waals surface area contributed by atoms with Crippen LogP contribution >= 0.6 is 0 Å². The molecule has 1 aromatic carbocycles. The predicted molar refractivity (Wildman–Crippen MR) is 59.0 cm³/mol. The highest BCUT2D eigenvalue weighted by molar-refractivity contribution is 5.67. The van der Waals surface area contributed by atoms with Gasteiger partial charge < -0.3 is 10.6 Å². The van der Waals surface area contributed by atoms with Crippen molar-refractivity contribution in [3.05, 3.63) is 24.0 Å². The van der Waals surface area contributed by atoms with Crippen molar-refractivity contribution in [1.82, 2.24) is 0 Å². The number of anilines is 2. The van der Waals surface area contributed by atoms with E-state index in [0.29, 0.717) is 0 Å². The Hall–Kier alpha value is -1.25. The van der Waals surface area contributed by atoms with Crippen LogP contribution < -0.4 is 10.6 Å². The van der Waals surface area contributed by atoms with E-state index in [0.717, 1.165) is 25.2 Å². The zero-order valence-electron chi connectivity index (χ0n) is 8.76. The lowest BCUT2D eigenvalue weighted by atomic mass is 10.2. The molecule has 0 aliphatic heterocycles. The van der Waals surface area contributed by atoms with Gasteiger partial charge in [0.15, 0.2) is 0 Å². The second-order valence-corrected chi connectivity index (χ2v) is 3.25. The van der Waals surface area contributed by atoms with Gasteiger partial charge in [0.25, 0.3) is 0 Å². The normalized spacial score (nSPS) is 10.2. The van der Waals surface area contributed by atoms with Crippen LogP contribution in [0.5, 0.6) is 0 Å². The van der Waals surface area contributed by atoms with Crippen LogP contribution in [0.15, 0.2) is 18.2 Å². The topological polar surface area (TPSA) is 29.3 Å². The molecular weight excluding hydrogens is 179 g/mol. The van der Waals surface area contributed by atoms with Gasteiger partial charge in [-0.15, -0.1) is 0 Å². The predicted octanol–water partition coefficient (Wildman–Crippen LogP) is 2.64. The highest BCUT2D eigenvalue weighted by Crippen LogP contribution is 2.25. The second kappa shape index (κ2) is 4.84. The van der Waals surface area contributed by atoms with Gasteiger partial charge in [-0.25, -0.2) is 4.39 Å². The molecular formula is C11H17FN2. The minimum atomic E-state index is -0.336. The number of nitrogens with zero attached hydrogens (tertiary/aromatic N) is 1. The Bertz CT molecular complexity index is 299. The molecule has 3 heteroatoms. The van der Waals surface area contributed by atoms with E-state index in [-0.39, 0.29) is 11.5 Å². The van der Waals surface area contributed by atoms with Crippen LogP contribution in [0.1, 0.15) is 20.3 Å². The average Bonchev–Trinajstić information content (AvgIpc) is 2.19. The Balaban J connectivity index is 2.97. The molecule has 1 rings (SSSR count). The maximum Gasteiger partial charge on any atom is 0.148 e. The first-order valence-corrected chi connectivity index (χ1v) is 4.99. The van der Waals surface area contributed by atoms with Crippen molar-refractivity contribution in [2.45, 2.75) is 20.3 Å². The monoisotopic (exact) mass is 196 g/mol. The van der Waals surface area contributed by atoms with Crippen LogP contribution in [0.3, 0.4) is 0 Å². The van der Waals surface area contributed by atoms with Crippen LogP contribution in [0.4, 0.5) is 15.8 Å². The van der Waals surface area contributed by atoms with Gasteiger partial charge in [-0.2, -0.15) is 0 Å². The van der Waals surface area contributed by atoms with Gasteiger partial charge in [-0.1, -0.05) is 13.0 Å². The van der Waals surface area contributed by atoms with E-state index >= 15 is 0 Å². The highest BCUT2D eigenvalue weighted by atomic mass is 19.1. The summed E-state index contributed by atoms with van der Waals surface area (Å²) in [7, 11) is 0. The number of para-hydroxylation sites is 1. The quantitative estimate of drug-likeness (QED) is 0.750. The SMILES string of the molecule is CCCN(CC)c1cccc(F)c1N. The lowest BCUT2D eigenvalue weighted by Gasteiger charge is -2.23. The fourth-order valence-electron chi connectivity index (χ4n) is 1.52. The molecule has 78 valence electrons. The summed E-state index contributed by atoms with van der Waals surface area (Å²) in [5.41, 5.74) is 6.73. The van der Waals surface area contributed by atoms with Crippen LogP contribution in [0, 0.1) is 5.82 Å². The third kappa shape index (κ3) is 2.16. The molecule has 0 saturated heterocycles. The molecule has 0 aliphatic carbocycles. The van der Waals surface area contributed by atoms with Crippen molar-refractivity contribution in [2.75, 3.05) is 23.7 Å². The van der Waals surface area contributed by atoms with E-state index in [1.54, 1.807) is 6.07 Å². The maximum absolute atomic E-state index is 13.2. The highest BCUT2D eigenvalue weighted by Gasteiger charge is 2.09. The molecule has 2 N–H and O–H groups in total. The fourth-order valence-corrected chi connectivity index (χ4v) is 1.52. The molecule has 0 atom stereocenters. The Morgan fingerprint density at radius 2 is 2.07 bits per heavy atom. The number of hydrogen-bond donors (Lipinski definition) is 1. The maximum atomic E-state index is 13.2. The molecule has 0 aliphatic rings. The molecule has 0 heterocycles. The average molecular weight is 196 g/mol. The van der Waals surface area contributed by atoms with Gasteiger partial charge in [0, 0.05) is 13.1 Å². The van der Waals surface area contributed by atoms with Gasteiger partial charge in [0.05, 0.1) is 11.4 Å². The molecule has 0 radical (unpaired) electrons. The number of halogens is 1. The van der Waals surface area contributed by atoms with E-state index in [1.807, 2.05) is 13.0 Å². The molecule has 1 aromatic rings. The molecule has 0 saturated carbocycles. The first-order valence-electron chi connectivity index (χ1n) is 4.99. The Kier molecular flexibility index (Phi) is 3.74. The Morgan fingerprint density at radius 1 is 1.36 bits per heavy atom. The van der Waals surface area contributed by atoms with Crippen molar-refractivity contribution in [2.24, 2.45) is 0 Å². The molecule has 0 fully saturated rings. The number of rotatable bonds is 4. The summed E-state index contributed by atoms with van der Waals surface area (Å²) < 4.78 is 13.2. The van der Waals surface area contributed by atoms with Crippen molar-refractivity contribution in [3.63, 3.8) is 0 Å². The van der Waals surface area contributed by atoms with Crippen molar-refractivity contribution in [3.8, 4) is 0 Å². The molecule has 0 aromatic heterocycles. The summed E-state index contributed by atoms with van der Waals surface area (Å²) >= 11 is 0. The van der Waals surface area contributed by atoms with Crippen molar-refractivity contribution >= 4 is 11.4 Å². The van der Waals surface area contributed by atoms with Crippen LogP contribution in [0.2, 0.25) is 0 Å². The number of nitrogen functional groups attached to an aromatic ring is 1. The third-order valence-electron chi connectivity index (χ3n) is 2.25. The standard InChI is InChI=1S/C11H17FN2/c1-3-8-14(4-2)10-7-5-6-9(12)11(10)13/h5-7H,3-4,8,13H2,1-2H3. The largest absolute Gasteiger partial charge is 0.395 e. The number of nitrogens with two attached hydrogens (primary N) is 1. The molecule has 2 nitrogen and oxygen atoms in total. The first kappa shape index (κ1) is 10.8. The van der Waals surface area contributed by atoms with Crippen LogP contribution in [-0.4, -0.2) is 13.1 Å². The summed E-state index contributed by atoms with van der Waals surface area (Å²) in [4.78, 5) is 2.08. The summed E-state index contributed by atoms with van der Waals surface area (Å²) in [5.74, 6) is -0.336. The van der Waals surface area contributed by atoms with Crippen LogP contribution in [-0.2, 0) is 0 Å². The third-order valence-corrected chi connectivity index (χ3v) is 2.25. The minimum absolute atomic E-state index is 0.253. The van der Waals surface area contributed by atoms with Gasteiger partial charge in [-0.05, 0) is 25.5 Å². The van der Waals surface area contributed by atoms with Gasteiger partial charge in [0.1, 0.15) is 5.82 Å². The second-order valence-electron chi connectivity index (χ2n) is 3.25. The van der Waals surface area contributed by atoms with Crippen LogP contribution in [0.25, 0.3) is 0 Å². The van der Waals surface area contributed by atoms with E-state index < -0.39 is 0 Å². The fraction of sp³-hybridized carbons (Fsp3) is 0.455. The Morgan fingerprint density at radius 3 is 2.64 bits per heavy atom. The lowest BCUT2D eigenvalue weighted by molar-refractivity contribution is 0.631. The Labute approximate surface area is 84.5 Å². The summed E-state index contributed by atoms with van der Waals surface area (Å²) in [6.07, 6.45) is 1.03. The van der Waals surface area contributed by atoms with E-state index in [1.165, 1.54) is 6.07 Å². The van der Waals surface area contributed by atoms with E-state index in [4.69, 9.17) is 5.73 Å². The molecule has 0 spiro atoms. The van der Waals surface area contributed by atoms with Crippen molar-refractivity contribution in [1.29, 1.82) is 0 Å². The van der Waals surface area contributed by atoms with E-state index in [9.17, 15) is 4.39 Å². The minimum Gasteiger partial charge on any atom is -0.395 e. The van der Waals surface area contributed by atoms with Crippen molar-refractivity contribution < 1.29 is 4.39 Å². The smallest absolute Gasteiger partial charge is 0.148 e. The zero-order valence-corrected chi connectivity index (χ0v) is 8.76. The van der Waals surface area contributed by atoms with E-state index in [2.05, 4.69) is 11.8 Å². The molecule has 0 amide bonds. The first-order chi connectivity index (χ1) is 6.70. The zero-order chi connectivity index (χ0) is 10.6. The van der Waals surface area contributed by atoms with Gasteiger partial charge in [-0.3, -0.25) is 0 Å². The lowest BCUT2D eigenvalue weighted by Crippen LogP contribution is -2.24. The molecule has 0 bridgehead atoms. The summed E-state index contributed by atoms with van der Waals surface area (Å²) in [6.45, 7) is 5.89. The summed E-state index contributed by atoms with van der Waals surface area (Å²) in [5, 5.41) is 0.